The van der Waals surface area contributed by atoms with E-state index in [0.717, 1.165) is 12.3 Å². The van der Waals surface area contributed by atoms with E-state index in [1.807, 2.05) is 0 Å². The van der Waals surface area contributed by atoms with Crippen molar-refractivity contribution in [3.63, 3.8) is 0 Å². The van der Waals surface area contributed by atoms with Crippen LogP contribution in [0.4, 0.5) is 14.5 Å². The maximum absolute atomic E-state index is 14.3. The zero-order valence-electron chi connectivity index (χ0n) is 19.6. The van der Waals surface area contributed by atoms with Crippen LogP contribution in [0.15, 0.2) is 75.0 Å². The quantitative estimate of drug-likeness (QED) is 0.210. The number of sulfone groups is 1. The molecule has 8 nitrogen and oxygen atoms in total. The molecule has 0 atom stereocenters. The Kier molecular flexibility index (Phi) is 8.57. The minimum absolute atomic E-state index is 0.0540. The molecule has 4 rings (SSSR count). The summed E-state index contributed by atoms with van der Waals surface area (Å²) in [5, 5.41) is 5.72. The molecule has 206 valence electrons. The van der Waals surface area contributed by atoms with Gasteiger partial charge >= 0.3 is 13.3 Å². The van der Waals surface area contributed by atoms with Gasteiger partial charge in [-0.25, -0.2) is 18.1 Å². The Hall–Kier alpha value is -1.96. The molecule has 1 aromatic heterocycles. The van der Waals surface area contributed by atoms with Crippen LogP contribution in [0.2, 0.25) is 10.0 Å². The maximum Gasteiger partial charge on any atom is 0.399 e. The maximum atomic E-state index is 14.3. The van der Waals surface area contributed by atoms with Crippen molar-refractivity contribution in [2.75, 3.05) is 6.26 Å². The van der Waals surface area contributed by atoms with E-state index in [9.17, 15) is 21.8 Å². The van der Waals surface area contributed by atoms with Crippen molar-refractivity contribution in [1.29, 1.82) is 0 Å². The van der Waals surface area contributed by atoms with E-state index in [1.54, 1.807) is 30.3 Å². The molecule has 2 N–H and O–H groups in total. The average molecular weight is 699 g/mol. The first-order valence-corrected chi connectivity index (χ1v) is 16.5. The Morgan fingerprint density at radius 3 is 2.31 bits per heavy atom. The van der Waals surface area contributed by atoms with E-state index in [0.29, 0.717) is 31.6 Å². The fourth-order valence-electron chi connectivity index (χ4n) is 3.35. The first-order chi connectivity index (χ1) is 18.1. The van der Waals surface area contributed by atoms with Crippen LogP contribution in [-0.4, -0.2) is 34.2 Å². The number of alkyl halides is 2. The third-order valence-corrected chi connectivity index (χ3v) is 9.82. The van der Waals surface area contributed by atoms with Crippen LogP contribution in [0.5, 0.6) is 0 Å². The molecule has 0 radical (unpaired) electrons. The first kappa shape index (κ1) is 30.0. The van der Waals surface area contributed by atoms with E-state index in [1.165, 1.54) is 40.3 Å². The molecule has 16 heteroatoms. The van der Waals surface area contributed by atoms with Gasteiger partial charge in [0.05, 0.1) is 27.2 Å². The van der Waals surface area contributed by atoms with Crippen LogP contribution < -0.4 is 4.80 Å². The van der Waals surface area contributed by atoms with Crippen molar-refractivity contribution in [3.8, 4) is 10.6 Å². The van der Waals surface area contributed by atoms with E-state index < -0.39 is 28.7 Å². The summed E-state index contributed by atoms with van der Waals surface area (Å²) < 4.78 is 64.8. The van der Waals surface area contributed by atoms with Gasteiger partial charge in [0.1, 0.15) is 5.01 Å². The van der Waals surface area contributed by atoms with Crippen molar-refractivity contribution >= 4 is 73.6 Å². The Morgan fingerprint density at radius 2 is 1.74 bits per heavy atom. The number of rotatable bonds is 7. The lowest BCUT2D eigenvalue weighted by Gasteiger charge is -2.19. The van der Waals surface area contributed by atoms with Gasteiger partial charge in [-0.3, -0.25) is 4.57 Å². The summed E-state index contributed by atoms with van der Waals surface area (Å²) in [5.74, 6) is 0. The molecular formula is C23H17BrCl2F2N3O5PS2. The van der Waals surface area contributed by atoms with Crippen molar-refractivity contribution in [2.45, 2.75) is 17.1 Å². The van der Waals surface area contributed by atoms with E-state index >= 15 is 0 Å². The fourth-order valence-corrected chi connectivity index (χ4v) is 6.54. The zero-order chi connectivity index (χ0) is 28.8. The molecule has 0 saturated carbocycles. The second-order valence-corrected chi connectivity index (χ2v) is 14.5. The molecule has 0 aliphatic carbocycles. The van der Waals surface area contributed by atoms with E-state index in [-0.39, 0.29) is 20.9 Å². The number of nitrogens with zero attached hydrogens (tertiary/aromatic N) is 3. The number of halogens is 5. The summed E-state index contributed by atoms with van der Waals surface area (Å²) in [6.07, 6.45) is 1.10. The van der Waals surface area contributed by atoms with Crippen LogP contribution in [0, 0.1) is 0 Å². The average Bonchev–Trinajstić information content (AvgIpc) is 3.22. The van der Waals surface area contributed by atoms with Gasteiger partial charge in [-0.2, -0.15) is 13.9 Å². The van der Waals surface area contributed by atoms with Gasteiger partial charge < -0.3 is 9.79 Å². The summed E-state index contributed by atoms with van der Waals surface area (Å²) in [7, 11) is -9.14. The monoisotopic (exact) mass is 697 g/mol. The molecule has 0 bridgehead atoms. The lowest BCUT2D eigenvalue weighted by atomic mass is 10.1. The molecule has 0 unspecified atom stereocenters. The number of benzene rings is 3. The van der Waals surface area contributed by atoms with Crippen molar-refractivity contribution in [2.24, 2.45) is 4.99 Å². The highest BCUT2D eigenvalue weighted by molar-refractivity contribution is 9.10. The van der Waals surface area contributed by atoms with Crippen LogP contribution in [-0.2, 0) is 26.6 Å². The molecule has 0 saturated heterocycles. The molecular weight excluding hydrogens is 682 g/mol. The summed E-state index contributed by atoms with van der Waals surface area (Å²) in [6.45, 7) is 0.0540. The van der Waals surface area contributed by atoms with E-state index in [4.69, 9.17) is 33.0 Å². The first-order valence-electron chi connectivity index (χ1n) is 10.7. The van der Waals surface area contributed by atoms with Crippen LogP contribution in [0.3, 0.4) is 0 Å². The molecule has 0 amide bonds. The second kappa shape index (κ2) is 11.1. The zero-order valence-corrected chi connectivity index (χ0v) is 25.2. The Morgan fingerprint density at radius 1 is 1.08 bits per heavy atom. The lowest BCUT2D eigenvalue weighted by Crippen LogP contribution is -2.18. The normalized spacial score (nSPS) is 13.2. The van der Waals surface area contributed by atoms with Crippen molar-refractivity contribution < 1.29 is 31.6 Å². The summed E-state index contributed by atoms with van der Waals surface area (Å²) in [6, 6.07) is 14.5. The van der Waals surface area contributed by atoms with Crippen molar-refractivity contribution in [3.05, 3.63) is 91.1 Å². The predicted octanol–water partition coefficient (Wildman–Crippen LogP) is 6.59. The Labute approximate surface area is 243 Å². The molecule has 39 heavy (non-hydrogen) atoms. The topological polar surface area (TPSA) is 122 Å². The van der Waals surface area contributed by atoms with Crippen LogP contribution >= 0.6 is 58.1 Å². The summed E-state index contributed by atoms with van der Waals surface area (Å²) in [4.78, 5) is 23.3. The largest absolute Gasteiger partial charge is 0.399 e. The van der Waals surface area contributed by atoms with E-state index in [2.05, 4.69) is 26.0 Å². The molecule has 0 spiro atoms. The van der Waals surface area contributed by atoms with Gasteiger partial charge in [-0.15, -0.1) is 0 Å². The summed E-state index contributed by atoms with van der Waals surface area (Å²) >= 11 is 16.3. The minimum Gasteiger partial charge on any atom is -0.320 e. The molecule has 1 heterocycles. The number of hydrogen-bond donors (Lipinski definition) is 2. The third kappa shape index (κ3) is 6.68. The van der Waals surface area contributed by atoms with Gasteiger partial charge in [0.2, 0.25) is 4.80 Å². The van der Waals surface area contributed by atoms with Gasteiger partial charge in [-0.1, -0.05) is 74.7 Å². The fraction of sp³-hybridized carbons (Fsp3) is 0.130. The number of hydrogen-bond acceptors (Lipinski definition) is 6. The second-order valence-electron chi connectivity index (χ2n) is 8.25. The predicted molar refractivity (Wildman–Crippen MR) is 150 cm³/mol. The highest BCUT2D eigenvalue weighted by Crippen LogP contribution is 2.60. The Balaban J connectivity index is 1.79. The van der Waals surface area contributed by atoms with Crippen molar-refractivity contribution in [1.82, 2.24) is 9.78 Å². The SMILES string of the molecule is CS(=O)(=O)c1ccc(-c2nn(Cc3ccc(C(F)(F)P(=O)(O)O)c(Br)c3)c(=Nc3ccc(Cl)c(Cl)c3)s2)cc1. The summed E-state index contributed by atoms with van der Waals surface area (Å²) in [5.41, 5.74) is -3.66. The smallest absolute Gasteiger partial charge is 0.320 e. The minimum atomic E-state index is -5.75. The van der Waals surface area contributed by atoms with Gasteiger partial charge in [-0.05, 0) is 42.0 Å². The molecule has 0 fully saturated rings. The van der Waals surface area contributed by atoms with Crippen LogP contribution in [0.1, 0.15) is 11.1 Å². The van der Waals surface area contributed by atoms with Gasteiger partial charge in [0.15, 0.2) is 9.84 Å². The van der Waals surface area contributed by atoms with Gasteiger partial charge in [0.25, 0.3) is 0 Å². The third-order valence-electron chi connectivity index (χ3n) is 5.33. The lowest BCUT2D eigenvalue weighted by molar-refractivity contribution is 0.0557. The molecule has 0 aliphatic heterocycles. The molecule has 3 aromatic carbocycles. The highest BCUT2D eigenvalue weighted by atomic mass is 79.9. The standard InChI is InChI=1S/C23H17BrCl2F2N3O5PS2/c1-39(35,36)16-6-3-14(4-7-16)21-30-31(22(38-21)29-15-5-9-19(25)20(26)11-15)12-13-2-8-17(18(24)10-13)23(27,28)37(32,33)34/h2-11H,12H2,1H3,(H2,32,33,34). The number of aromatic nitrogens is 2. The molecule has 0 aliphatic rings. The highest BCUT2D eigenvalue weighted by Gasteiger charge is 2.51. The van der Waals surface area contributed by atoms with Gasteiger partial charge in [0, 0.05) is 21.9 Å². The van der Waals surface area contributed by atoms with Crippen LogP contribution in [0.25, 0.3) is 10.6 Å². The molecule has 4 aromatic rings. The Bertz CT molecular complexity index is 1790.